The number of rotatable bonds is 3. The second-order valence-corrected chi connectivity index (χ2v) is 9.06. The van der Waals surface area contributed by atoms with Crippen molar-refractivity contribution in [1.82, 2.24) is 15.3 Å². The zero-order chi connectivity index (χ0) is 20.2. The van der Waals surface area contributed by atoms with Crippen molar-refractivity contribution in [3.05, 3.63) is 52.5 Å². The van der Waals surface area contributed by atoms with Gasteiger partial charge in [0.1, 0.15) is 0 Å². The van der Waals surface area contributed by atoms with Crippen molar-refractivity contribution >= 4 is 66.8 Å². The first-order chi connectivity index (χ1) is 14.7. The van der Waals surface area contributed by atoms with Crippen LogP contribution >= 0.6 is 23.2 Å². The molecule has 5 aromatic rings. The Morgan fingerprint density at radius 2 is 1.33 bits per heavy atom. The lowest BCUT2D eigenvalue weighted by Gasteiger charge is -2.23. The van der Waals surface area contributed by atoms with Crippen LogP contribution in [0.4, 0.5) is 0 Å². The van der Waals surface area contributed by atoms with Gasteiger partial charge >= 0.3 is 0 Å². The molecule has 0 amide bonds. The van der Waals surface area contributed by atoms with Crippen LogP contribution in [0.5, 0.6) is 5.75 Å². The first-order valence-corrected chi connectivity index (χ1v) is 11.1. The molecule has 6 heteroatoms. The van der Waals surface area contributed by atoms with E-state index in [2.05, 4.69) is 21.4 Å². The van der Waals surface area contributed by atoms with E-state index in [1.165, 1.54) is 0 Å². The highest BCUT2D eigenvalue weighted by Crippen LogP contribution is 2.42. The summed E-state index contributed by atoms with van der Waals surface area (Å²) in [6.45, 7) is 2.83. The predicted molar refractivity (Wildman–Crippen MR) is 126 cm³/mol. The van der Waals surface area contributed by atoms with Gasteiger partial charge in [0.05, 0.1) is 17.6 Å². The average Bonchev–Trinajstić information content (AvgIpc) is 3.30. The van der Waals surface area contributed by atoms with Gasteiger partial charge in [-0.3, -0.25) is 0 Å². The lowest BCUT2D eigenvalue weighted by atomic mass is 9.99. The number of ether oxygens (including phenoxy) is 1. The fourth-order valence-electron chi connectivity index (χ4n) is 4.69. The van der Waals surface area contributed by atoms with E-state index in [1.807, 2.05) is 36.4 Å². The third-order valence-electron chi connectivity index (χ3n) is 6.27. The number of piperidine rings is 1. The Balaban J connectivity index is 1.61. The van der Waals surface area contributed by atoms with Crippen LogP contribution in [0.25, 0.3) is 43.6 Å². The van der Waals surface area contributed by atoms with E-state index in [1.54, 1.807) is 0 Å². The van der Waals surface area contributed by atoms with Crippen LogP contribution in [-0.4, -0.2) is 29.7 Å². The minimum absolute atomic E-state index is 0.564. The third-order valence-corrected chi connectivity index (χ3v) is 6.74. The van der Waals surface area contributed by atoms with Crippen molar-refractivity contribution in [3.8, 4) is 5.75 Å². The number of benzene rings is 3. The standard InChI is InChI=1S/C24H21Cl2N3O/c25-14-1-3-20-16(9-14)18-11-19-17-10-15(26)2-4-21(17)29-23(19)24(22(18)28-20)30-12-13-5-7-27-8-6-13/h1-4,9-11,13,27-29H,5-8,12H2. The highest BCUT2D eigenvalue weighted by Gasteiger charge is 2.20. The molecule has 0 radical (unpaired) electrons. The molecule has 3 aromatic carbocycles. The minimum Gasteiger partial charge on any atom is -0.489 e. The summed E-state index contributed by atoms with van der Waals surface area (Å²) >= 11 is 12.6. The molecule has 4 nitrogen and oxygen atoms in total. The number of H-pyrrole nitrogens is 2. The third kappa shape index (κ3) is 2.94. The Bertz CT molecular complexity index is 1320. The summed E-state index contributed by atoms with van der Waals surface area (Å²) in [5.41, 5.74) is 4.12. The molecule has 0 bridgehead atoms. The monoisotopic (exact) mass is 437 g/mol. The molecule has 0 spiro atoms. The quantitative estimate of drug-likeness (QED) is 0.296. The normalized spacial score (nSPS) is 15.7. The Morgan fingerprint density at radius 1 is 0.767 bits per heavy atom. The molecule has 3 N–H and O–H groups in total. The highest BCUT2D eigenvalue weighted by molar-refractivity contribution is 6.33. The van der Waals surface area contributed by atoms with Gasteiger partial charge in [-0.2, -0.15) is 0 Å². The van der Waals surface area contributed by atoms with Crippen LogP contribution in [-0.2, 0) is 0 Å². The summed E-state index contributed by atoms with van der Waals surface area (Å²) in [6, 6.07) is 14.1. The molecule has 2 aromatic heterocycles. The zero-order valence-corrected chi connectivity index (χ0v) is 17.8. The average molecular weight is 438 g/mol. The van der Waals surface area contributed by atoms with Crippen molar-refractivity contribution in [2.75, 3.05) is 19.7 Å². The summed E-state index contributed by atoms with van der Waals surface area (Å²) in [6.07, 6.45) is 2.29. The van der Waals surface area contributed by atoms with E-state index in [9.17, 15) is 0 Å². The summed E-state index contributed by atoms with van der Waals surface area (Å²) in [5, 5.41) is 9.30. The fraction of sp³-hybridized carbons (Fsp3) is 0.250. The van der Waals surface area contributed by atoms with Crippen molar-refractivity contribution in [1.29, 1.82) is 0 Å². The van der Waals surface area contributed by atoms with Crippen molar-refractivity contribution < 1.29 is 4.74 Å². The van der Waals surface area contributed by atoms with E-state index in [4.69, 9.17) is 27.9 Å². The second kappa shape index (κ2) is 7.09. The summed E-state index contributed by atoms with van der Waals surface area (Å²) in [7, 11) is 0. The molecular formula is C24H21Cl2N3O. The molecule has 152 valence electrons. The van der Waals surface area contributed by atoms with Crippen LogP contribution in [0, 0.1) is 5.92 Å². The van der Waals surface area contributed by atoms with Gasteiger partial charge in [-0.15, -0.1) is 0 Å². The highest BCUT2D eigenvalue weighted by atomic mass is 35.5. The topological polar surface area (TPSA) is 52.8 Å². The fourth-order valence-corrected chi connectivity index (χ4v) is 5.04. The smallest absolute Gasteiger partial charge is 0.167 e. The van der Waals surface area contributed by atoms with E-state index < -0.39 is 0 Å². The Hall–Kier alpha value is -2.40. The van der Waals surface area contributed by atoms with Gasteiger partial charge in [-0.1, -0.05) is 23.2 Å². The van der Waals surface area contributed by atoms with Crippen LogP contribution in [0.15, 0.2) is 42.5 Å². The predicted octanol–water partition coefficient (Wildman–Crippen LogP) is 6.64. The maximum absolute atomic E-state index is 6.54. The number of fused-ring (bicyclic) bond motifs is 6. The van der Waals surface area contributed by atoms with Gasteiger partial charge in [0.15, 0.2) is 5.75 Å². The van der Waals surface area contributed by atoms with E-state index in [-0.39, 0.29) is 0 Å². The molecule has 0 atom stereocenters. The molecule has 0 aliphatic carbocycles. The molecule has 6 rings (SSSR count). The number of halogens is 2. The van der Waals surface area contributed by atoms with Crippen LogP contribution in [0.3, 0.4) is 0 Å². The molecule has 1 aliphatic heterocycles. The molecule has 30 heavy (non-hydrogen) atoms. The first-order valence-electron chi connectivity index (χ1n) is 10.4. The second-order valence-electron chi connectivity index (χ2n) is 8.19. The number of hydrogen-bond acceptors (Lipinski definition) is 2. The molecule has 1 fully saturated rings. The molecule has 1 saturated heterocycles. The molecule has 1 aliphatic rings. The number of aromatic nitrogens is 2. The summed E-state index contributed by atoms with van der Waals surface area (Å²) < 4.78 is 6.54. The minimum atomic E-state index is 0.564. The molecule has 3 heterocycles. The van der Waals surface area contributed by atoms with Gasteiger partial charge in [0, 0.05) is 42.6 Å². The zero-order valence-electron chi connectivity index (χ0n) is 16.3. The number of aromatic amines is 2. The van der Waals surface area contributed by atoms with E-state index >= 15 is 0 Å². The molecular weight excluding hydrogens is 417 g/mol. The first kappa shape index (κ1) is 18.4. The number of hydrogen-bond donors (Lipinski definition) is 3. The van der Waals surface area contributed by atoms with Crippen molar-refractivity contribution in [2.24, 2.45) is 5.92 Å². The van der Waals surface area contributed by atoms with Gasteiger partial charge in [0.2, 0.25) is 0 Å². The van der Waals surface area contributed by atoms with Gasteiger partial charge in [0.25, 0.3) is 0 Å². The lowest BCUT2D eigenvalue weighted by Crippen LogP contribution is -2.30. The lowest BCUT2D eigenvalue weighted by molar-refractivity contribution is 0.218. The van der Waals surface area contributed by atoms with Gasteiger partial charge < -0.3 is 20.0 Å². The van der Waals surface area contributed by atoms with Crippen molar-refractivity contribution in [2.45, 2.75) is 12.8 Å². The SMILES string of the molecule is Clc1ccc2[nH]c3c(OCC4CCNCC4)c4[nH]c5ccc(Cl)cc5c4cc3c2c1. The van der Waals surface area contributed by atoms with Crippen LogP contribution in [0.1, 0.15) is 12.8 Å². The molecule has 0 saturated carbocycles. The Labute approximate surface area is 183 Å². The van der Waals surface area contributed by atoms with Crippen LogP contribution in [0.2, 0.25) is 10.0 Å². The van der Waals surface area contributed by atoms with Crippen molar-refractivity contribution in [3.63, 3.8) is 0 Å². The van der Waals surface area contributed by atoms with Gasteiger partial charge in [-0.05, 0) is 74.3 Å². The summed E-state index contributed by atoms with van der Waals surface area (Å²) in [5.74, 6) is 1.44. The Kier molecular flexibility index (Phi) is 4.34. The van der Waals surface area contributed by atoms with E-state index in [0.717, 1.165) is 85.3 Å². The summed E-state index contributed by atoms with van der Waals surface area (Å²) in [4.78, 5) is 7.13. The Morgan fingerprint density at radius 3 is 1.90 bits per heavy atom. The van der Waals surface area contributed by atoms with E-state index in [0.29, 0.717) is 12.5 Å². The largest absolute Gasteiger partial charge is 0.489 e. The maximum Gasteiger partial charge on any atom is 0.167 e. The van der Waals surface area contributed by atoms with Crippen LogP contribution < -0.4 is 10.1 Å². The number of nitrogens with one attached hydrogen (secondary N) is 3. The molecule has 0 unspecified atom stereocenters. The maximum atomic E-state index is 6.54. The van der Waals surface area contributed by atoms with Gasteiger partial charge in [-0.25, -0.2) is 0 Å².